The molecule has 0 bridgehead atoms. The van der Waals surface area contributed by atoms with Gasteiger partial charge in [-0.1, -0.05) is 0 Å². The molecule has 0 amide bonds. The molecule has 0 saturated carbocycles. The van der Waals surface area contributed by atoms with E-state index in [2.05, 4.69) is 0 Å². The van der Waals surface area contributed by atoms with Crippen molar-refractivity contribution in [1.29, 1.82) is 0 Å². The van der Waals surface area contributed by atoms with E-state index in [1.54, 1.807) is 0 Å². The number of methoxy groups -OCH3 is 1. The molecule has 1 N–H and O–H groups in total. The van der Waals surface area contributed by atoms with Crippen LogP contribution in [0.15, 0.2) is 12.1 Å². The van der Waals surface area contributed by atoms with Gasteiger partial charge in [-0.3, -0.25) is 9.59 Å². The van der Waals surface area contributed by atoms with E-state index in [-0.39, 0.29) is 74.0 Å². The van der Waals surface area contributed by atoms with Crippen molar-refractivity contribution in [3.63, 3.8) is 0 Å². The maximum Gasteiger partial charge on any atom is 0.338 e. The fourth-order valence-electron chi connectivity index (χ4n) is 5.84. The maximum absolute atomic E-state index is 12.3. The van der Waals surface area contributed by atoms with Crippen molar-refractivity contribution in [1.82, 2.24) is 0 Å². The van der Waals surface area contributed by atoms with Crippen LogP contribution in [0.25, 0.3) is 0 Å². The summed E-state index contributed by atoms with van der Waals surface area (Å²) in [4.78, 5) is 35.6. The van der Waals surface area contributed by atoms with Crippen LogP contribution in [0, 0.1) is 0 Å². The molecule has 0 heterocycles. The molecule has 0 fully saturated rings. The Hall–Kier alpha value is -3.61. The Kier molecular flexibility index (Phi) is 47.7. The van der Waals surface area contributed by atoms with Crippen molar-refractivity contribution in [2.75, 3.05) is 232 Å². The van der Waals surface area contributed by atoms with Gasteiger partial charge in [0.2, 0.25) is 5.75 Å². The summed E-state index contributed by atoms with van der Waals surface area (Å²) in [5, 5.41) is 10.8. The molecule has 0 radical (unpaired) electrons. The molecule has 25 heteroatoms. The van der Waals surface area contributed by atoms with Gasteiger partial charge in [-0.05, 0) is 53.7 Å². The number of phenols is 1. The van der Waals surface area contributed by atoms with Gasteiger partial charge in [0.05, 0.1) is 237 Å². The van der Waals surface area contributed by atoms with E-state index in [9.17, 15) is 19.5 Å². The van der Waals surface area contributed by atoms with Crippen molar-refractivity contribution >= 4 is 17.9 Å². The minimum Gasteiger partial charge on any atom is -0.502 e. The molecule has 1 aromatic carbocycles. The summed E-state index contributed by atoms with van der Waals surface area (Å²) >= 11 is 0. The molecule has 0 aliphatic heterocycles. The second-order valence-electron chi connectivity index (χ2n) is 18.5. The first-order valence-electron chi connectivity index (χ1n) is 27.1. The predicted octanol–water partition coefficient (Wildman–Crippen LogP) is 3.67. The SMILES string of the molecule is COC(=O)c1cc(OCCOCCOCCOCCOCCOCCOCCOCCOCCC(=O)OC(C)(C)C)c(O)c(OCCOCCOCCOCCOCCOCCOCCOCCOCCC(=O)OC(C)(C)C)c1. The second-order valence-corrected chi connectivity index (χ2v) is 18.5. The highest BCUT2D eigenvalue weighted by Gasteiger charge is 2.19. The lowest BCUT2D eigenvalue weighted by molar-refractivity contribution is -0.157. The van der Waals surface area contributed by atoms with Gasteiger partial charge in [-0.25, -0.2) is 4.79 Å². The molecular formula is C54H96O25. The third-order valence-corrected chi connectivity index (χ3v) is 9.38. The number of phenolic OH excluding ortho intramolecular Hbond substituents is 1. The third kappa shape index (κ3) is 49.9. The summed E-state index contributed by atoms with van der Waals surface area (Å²) in [5.74, 6) is -1.40. The Labute approximate surface area is 468 Å². The van der Waals surface area contributed by atoms with E-state index in [4.69, 9.17) is 99.5 Å². The lowest BCUT2D eigenvalue weighted by Gasteiger charge is -2.19. The van der Waals surface area contributed by atoms with E-state index < -0.39 is 17.2 Å². The number of benzene rings is 1. The number of esters is 3. The summed E-state index contributed by atoms with van der Waals surface area (Å²) in [5.41, 5.74) is -0.855. The first-order valence-corrected chi connectivity index (χ1v) is 27.1. The smallest absolute Gasteiger partial charge is 0.338 e. The quantitative estimate of drug-likeness (QED) is 0.0554. The zero-order valence-corrected chi connectivity index (χ0v) is 48.4. The van der Waals surface area contributed by atoms with Crippen molar-refractivity contribution < 1.29 is 119 Å². The van der Waals surface area contributed by atoms with Crippen LogP contribution in [0.1, 0.15) is 64.7 Å². The van der Waals surface area contributed by atoms with Crippen molar-refractivity contribution in [2.45, 2.75) is 65.6 Å². The lowest BCUT2D eigenvalue weighted by Crippen LogP contribution is -2.24. The lowest BCUT2D eigenvalue weighted by atomic mass is 10.2. The minimum absolute atomic E-state index is 0.0351. The molecule has 1 aromatic rings. The normalized spacial score (nSPS) is 11.8. The Morgan fingerprint density at radius 3 is 0.709 bits per heavy atom. The van der Waals surface area contributed by atoms with E-state index in [1.807, 2.05) is 41.5 Å². The first kappa shape index (κ1) is 73.4. The van der Waals surface area contributed by atoms with Gasteiger partial charge in [-0.15, -0.1) is 0 Å². The highest BCUT2D eigenvalue weighted by molar-refractivity contribution is 5.91. The highest BCUT2D eigenvalue weighted by Crippen LogP contribution is 2.38. The van der Waals surface area contributed by atoms with Gasteiger partial charge >= 0.3 is 17.9 Å². The largest absolute Gasteiger partial charge is 0.502 e. The van der Waals surface area contributed by atoms with Crippen molar-refractivity contribution in [2.24, 2.45) is 0 Å². The second kappa shape index (κ2) is 51.3. The van der Waals surface area contributed by atoms with Crippen LogP contribution >= 0.6 is 0 Å². The fourth-order valence-corrected chi connectivity index (χ4v) is 5.84. The van der Waals surface area contributed by atoms with Gasteiger partial charge in [0.1, 0.15) is 24.4 Å². The highest BCUT2D eigenvalue weighted by atomic mass is 16.6. The monoisotopic (exact) mass is 1140 g/mol. The Balaban J connectivity index is 1.93. The number of aromatic hydroxyl groups is 1. The van der Waals surface area contributed by atoms with Gasteiger partial charge in [0, 0.05) is 0 Å². The molecule has 462 valence electrons. The van der Waals surface area contributed by atoms with Gasteiger partial charge < -0.3 is 105 Å². The van der Waals surface area contributed by atoms with Gasteiger partial charge in [-0.2, -0.15) is 0 Å². The average molecular weight is 1150 g/mol. The molecule has 0 saturated heterocycles. The summed E-state index contributed by atoms with van der Waals surface area (Å²) < 4.78 is 114. The minimum atomic E-state index is -0.625. The van der Waals surface area contributed by atoms with Crippen molar-refractivity contribution in [3.8, 4) is 17.2 Å². The van der Waals surface area contributed by atoms with Gasteiger partial charge in [0.25, 0.3) is 0 Å². The van der Waals surface area contributed by atoms with Crippen LogP contribution in [-0.4, -0.2) is 266 Å². The predicted molar refractivity (Wildman–Crippen MR) is 284 cm³/mol. The molecule has 79 heavy (non-hydrogen) atoms. The fraction of sp³-hybridized carbons (Fsp3) is 0.833. The molecule has 25 nitrogen and oxygen atoms in total. The molecule has 1 rings (SSSR count). The van der Waals surface area contributed by atoms with Crippen LogP contribution in [0.5, 0.6) is 17.2 Å². The molecule has 0 atom stereocenters. The van der Waals surface area contributed by atoms with E-state index in [0.717, 1.165) is 0 Å². The van der Waals surface area contributed by atoms with E-state index in [1.165, 1.54) is 19.2 Å². The summed E-state index contributed by atoms with van der Waals surface area (Å²) in [6, 6.07) is 2.74. The van der Waals surface area contributed by atoms with Crippen LogP contribution in [-0.2, 0) is 99.6 Å². The summed E-state index contributed by atoms with van der Waals surface area (Å²) in [6.45, 7) is 23.7. The van der Waals surface area contributed by atoms with Crippen LogP contribution in [0.2, 0.25) is 0 Å². The van der Waals surface area contributed by atoms with Crippen molar-refractivity contribution in [3.05, 3.63) is 17.7 Å². The number of rotatable bonds is 57. The summed E-state index contributed by atoms with van der Waals surface area (Å²) in [6.07, 6.45) is 0.421. The number of carbonyl (C=O) groups is 3. The van der Waals surface area contributed by atoms with Crippen LogP contribution in [0.3, 0.4) is 0 Å². The Morgan fingerprint density at radius 2 is 0.519 bits per heavy atom. The van der Waals surface area contributed by atoms with Crippen LogP contribution < -0.4 is 9.47 Å². The first-order chi connectivity index (χ1) is 38.2. The van der Waals surface area contributed by atoms with Gasteiger partial charge in [0.15, 0.2) is 11.5 Å². The Bertz CT molecular complexity index is 1490. The third-order valence-electron chi connectivity index (χ3n) is 9.38. The standard InChI is InChI=1S/C54H96O25/c1-53(2,3)78-49(55)8-10-60-12-14-62-16-18-64-20-22-66-24-26-68-28-30-70-32-34-72-36-38-74-40-42-76-47-44-46(52(58)59-7)45-48(51(47)57)77-43-41-75-39-37-73-35-33-71-31-29-69-27-25-67-23-21-65-19-17-63-15-13-61-11-9-50(56)79-54(4,5)6/h44-45,57H,8-43H2,1-7H3. The molecule has 0 unspecified atom stereocenters. The number of hydrogen-bond donors (Lipinski definition) is 1. The molecule has 0 aliphatic rings. The zero-order valence-electron chi connectivity index (χ0n) is 48.4. The maximum atomic E-state index is 12.3. The number of carbonyl (C=O) groups excluding carboxylic acids is 3. The van der Waals surface area contributed by atoms with Crippen LogP contribution in [0.4, 0.5) is 0 Å². The Morgan fingerprint density at radius 1 is 0.329 bits per heavy atom. The van der Waals surface area contributed by atoms with E-state index >= 15 is 0 Å². The molecule has 0 aliphatic carbocycles. The topological polar surface area (TPSA) is 265 Å². The number of hydrogen-bond acceptors (Lipinski definition) is 25. The zero-order chi connectivity index (χ0) is 57.8. The average Bonchev–Trinajstić information content (AvgIpc) is 3.40. The summed E-state index contributed by atoms with van der Waals surface area (Å²) in [7, 11) is 1.25. The molecule has 0 aromatic heterocycles. The molecular weight excluding hydrogens is 1050 g/mol. The van der Waals surface area contributed by atoms with E-state index in [0.29, 0.717) is 198 Å². The molecule has 0 spiro atoms. The number of ether oxygens (including phenoxy) is 21.